The molecule has 10 nitrogen and oxygen atoms in total. The van der Waals surface area contributed by atoms with Crippen molar-refractivity contribution in [1.82, 2.24) is 30.9 Å². The summed E-state index contributed by atoms with van der Waals surface area (Å²) >= 11 is 13.7. The molecular formula is C31H32Cl2FN7O3. The van der Waals surface area contributed by atoms with Gasteiger partial charge in [0.15, 0.2) is 11.6 Å². The molecule has 1 atom stereocenters. The number of hydrogen-bond donors (Lipinski definition) is 5. The quantitative estimate of drug-likeness (QED) is 0.130. The second-order valence-corrected chi connectivity index (χ2v) is 10.9. The number of nitrogens with zero attached hydrogens (tertiary/aromatic N) is 3. The van der Waals surface area contributed by atoms with E-state index in [-0.39, 0.29) is 35.9 Å². The van der Waals surface area contributed by atoms with Gasteiger partial charge in [0.2, 0.25) is 11.8 Å². The first-order valence-corrected chi connectivity index (χ1v) is 14.8. The fourth-order valence-corrected chi connectivity index (χ4v) is 5.49. The number of hydrogen-bond acceptors (Lipinski definition) is 9. The highest BCUT2D eigenvalue weighted by atomic mass is 35.5. The highest BCUT2D eigenvalue weighted by molar-refractivity contribution is 6.39. The highest BCUT2D eigenvalue weighted by Crippen LogP contribution is 2.40. The van der Waals surface area contributed by atoms with Crippen LogP contribution in [-0.4, -0.2) is 58.8 Å². The summed E-state index contributed by atoms with van der Waals surface area (Å²) in [5, 5.41) is 21.9. The minimum Gasteiger partial charge on any atom is -0.481 e. The van der Waals surface area contributed by atoms with Gasteiger partial charge in [-0.1, -0.05) is 41.4 Å². The maximum Gasteiger partial charge on any atom is 0.220 e. The fraction of sp³-hybridized carbons (Fsp3) is 0.290. The minimum atomic E-state index is -0.526. The molecule has 4 aromatic rings. The highest BCUT2D eigenvalue weighted by Gasteiger charge is 2.21. The third-order valence-corrected chi connectivity index (χ3v) is 7.96. The molecule has 3 aromatic heterocycles. The second-order valence-electron chi connectivity index (χ2n) is 10.1. The van der Waals surface area contributed by atoms with Crippen molar-refractivity contribution in [2.45, 2.75) is 32.0 Å². The van der Waals surface area contributed by atoms with Gasteiger partial charge in [-0.15, -0.1) is 0 Å². The first-order valence-electron chi connectivity index (χ1n) is 14.1. The molecule has 0 bridgehead atoms. The Morgan fingerprint density at radius 2 is 1.84 bits per heavy atom. The lowest BCUT2D eigenvalue weighted by Gasteiger charge is -2.16. The summed E-state index contributed by atoms with van der Waals surface area (Å²) < 4.78 is 20.7. The van der Waals surface area contributed by atoms with Gasteiger partial charge in [0, 0.05) is 73.3 Å². The number of aliphatic hydroxyl groups excluding tert-OH is 1. The number of aliphatic hydroxyl groups is 1. The second kappa shape index (κ2) is 14.7. The van der Waals surface area contributed by atoms with Gasteiger partial charge < -0.3 is 31.1 Å². The molecule has 13 heteroatoms. The van der Waals surface area contributed by atoms with E-state index in [1.807, 2.05) is 12.1 Å². The molecular weight excluding hydrogens is 608 g/mol. The fourth-order valence-electron chi connectivity index (χ4n) is 4.92. The summed E-state index contributed by atoms with van der Waals surface area (Å²) in [6.45, 7) is 1.71. The summed E-state index contributed by atoms with van der Waals surface area (Å²) in [5.41, 5.74) is 3.87. The number of anilines is 2. The lowest BCUT2D eigenvalue weighted by Crippen LogP contribution is -2.35. The molecule has 1 amide bonds. The maximum absolute atomic E-state index is 15.1. The molecule has 1 aliphatic rings. The van der Waals surface area contributed by atoms with Crippen LogP contribution in [0.5, 0.6) is 5.88 Å². The molecule has 5 rings (SSSR count). The number of benzene rings is 1. The van der Waals surface area contributed by atoms with Crippen LogP contribution in [0.15, 0.2) is 54.9 Å². The monoisotopic (exact) mass is 639 g/mol. The molecule has 1 aromatic carbocycles. The molecule has 4 heterocycles. The van der Waals surface area contributed by atoms with Crippen LogP contribution >= 0.6 is 23.2 Å². The molecule has 0 saturated carbocycles. The van der Waals surface area contributed by atoms with Crippen molar-refractivity contribution in [3.63, 3.8) is 0 Å². The van der Waals surface area contributed by atoms with Crippen LogP contribution in [0.2, 0.25) is 10.0 Å². The van der Waals surface area contributed by atoms with Crippen LogP contribution in [0.1, 0.15) is 24.0 Å². The normalized spacial score (nSPS) is 14.5. The van der Waals surface area contributed by atoms with Crippen molar-refractivity contribution in [2.75, 3.05) is 32.1 Å². The topological polar surface area (TPSA) is 133 Å². The Labute approximate surface area is 264 Å². The number of nitrogens with one attached hydrogen (secondary N) is 4. The number of pyridine rings is 3. The maximum atomic E-state index is 15.1. The Bertz CT molecular complexity index is 1640. The molecule has 0 spiro atoms. The molecule has 0 radical (unpaired) electrons. The van der Waals surface area contributed by atoms with E-state index < -0.39 is 5.82 Å². The lowest BCUT2D eigenvalue weighted by molar-refractivity contribution is -0.119. The number of methoxy groups -OCH3 is 1. The van der Waals surface area contributed by atoms with Crippen LogP contribution < -0.4 is 26.0 Å². The van der Waals surface area contributed by atoms with E-state index in [1.165, 1.54) is 6.20 Å². The van der Waals surface area contributed by atoms with E-state index in [1.54, 1.807) is 43.6 Å². The van der Waals surface area contributed by atoms with Gasteiger partial charge in [0.1, 0.15) is 0 Å². The van der Waals surface area contributed by atoms with Gasteiger partial charge in [-0.2, -0.15) is 0 Å². The Balaban J connectivity index is 1.37. The number of ether oxygens (including phenoxy) is 1. The Kier molecular flexibility index (Phi) is 10.6. The SMILES string of the molecule is COc1nc(-c2ccnc(-c3cccc(Nc4nccc(CNCCO)c4F)c3Cl)c2Cl)ccc1CNC[C@@H]1CCC(=O)N1. The zero-order valence-corrected chi connectivity index (χ0v) is 25.5. The average molecular weight is 641 g/mol. The minimum absolute atomic E-state index is 0.0130. The molecule has 5 N–H and O–H groups in total. The molecule has 0 aliphatic carbocycles. The van der Waals surface area contributed by atoms with Gasteiger partial charge >= 0.3 is 0 Å². The predicted octanol–water partition coefficient (Wildman–Crippen LogP) is 4.85. The van der Waals surface area contributed by atoms with Gasteiger partial charge in [0.05, 0.1) is 40.8 Å². The van der Waals surface area contributed by atoms with Gasteiger partial charge in [-0.05, 0) is 30.7 Å². The van der Waals surface area contributed by atoms with Crippen LogP contribution in [0.4, 0.5) is 15.9 Å². The zero-order chi connectivity index (χ0) is 31.1. The van der Waals surface area contributed by atoms with Crippen LogP contribution in [0.25, 0.3) is 22.5 Å². The number of amides is 1. The van der Waals surface area contributed by atoms with Crippen LogP contribution in [0, 0.1) is 5.82 Å². The van der Waals surface area contributed by atoms with E-state index in [2.05, 4.69) is 31.2 Å². The summed E-state index contributed by atoms with van der Waals surface area (Å²) in [6, 6.07) is 12.5. The van der Waals surface area contributed by atoms with Gasteiger partial charge in [-0.25, -0.2) is 14.4 Å². The van der Waals surface area contributed by atoms with Gasteiger partial charge in [-0.3, -0.25) is 9.78 Å². The molecule has 230 valence electrons. The van der Waals surface area contributed by atoms with Crippen LogP contribution in [0.3, 0.4) is 0 Å². The molecule has 1 fully saturated rings. The molecule has 1 saturated heterocycles. The zero-order valence-electron chi connectivity index (χ0n) is 24.0. The van der Waals surface area contributed by atoms with Crippen molar-refractivity contribution >= 4 is 40.6 Å². The van der Waals surface area contributed by atoms with Crippen molar-refractivity contribution in [3.8, 4) is 28.4 Å². The number of halogens is 3. The number of rotatable bonds is 13. The average Bonchev–Trinajstić information content (AvgIpc) is 3.45. The number of aromatic nitrogens is 3. The first-order chi connectivity index (χ1) is 21.4. The van der Waals surface area contributed by atoms with Crippen molar-refractivity contribution in [2.24, 2.45) is 0 Å². The largest absolute Gasteiger partial charge is 0.481 e. The molecule has 44 heavy (non-hydrogen) atoms. The smallest absolute Gasteiger partial charge is 0.220 e. The first kappa shape index (κ1) is 31.6. The number of carbonyl (C=O) groups excluding carboxylic acids is 1. The Morgan fingerprint density at radius 1 is 1.02 bits per heavy atom. The van der Waals surface area contributed by atoms with E-state index in [0.29, 0.717) is 70.7 Å². The standard InChI is InChI=1S/C31H32Cl2FN7O3/c1-44-31-19(16-36-17-20-6-8-25(43)39-20)5-7-23(41-31)21-10-12-37-29(27(21)33)22-3-2-4-24(26(22)32)40-30-28(34)18(9-11-38-30)15-35-13-14-42/h2-5,7,9-12,20,35-36,42H,6,8,13-17H2,1H3,(H,38,40)(H,39,43)/t20-/m0/s1. The van der Waals surface area contributed by atoms with Crippen molar-refractivity contribution in [3.05, 3.63) is 81.8 Å². The number of carbonyl (C=O) groups is 1. The third kappa shape index (κ3) is 7.25. The van der Waals surface area contributed by atoms with E-state index in [9.17, 15) is 4.79 Å². The lowest BCUT2D eigenvalue weighted by atomic mass is 10.1. The Morgan fingerprint density at radius 3 is 2.61 bits per heavy atom. The summed E-state index contributed by atoms with van der Waals surface area (Å²) in [7, 11) is 1.56. The van der Waals surface area contributed by atoms with E-state index >= 15 is 4.39 Å². The summed E-state index contributed by atoms with van der Waals surface area (Å²) in [5.74, 6) is 0.0194. The molecule has 1 aliphatic heterocycles. The predicted molar refractivity (Wildman–Crippen MR) is 169 cm³/mol. The summed E-state index contributed by atoms with van der Waals surface area (Å²) in [4.78, 5) is 24.8. The van der Waals surface area contributed by atoms with Gasteiger partial charge in [0.25, 0.3) is 0 Å². The summed E-state index contributed by atoms with van der Waals surface area (Å²) in [6.07, 6.45) is 4.49. The van der Waals surface area contributed by atoms with Crippen molar-refractivity contribution < 1.29 is 19.0 Å². The Hall–Kier alpha value is -3.87. The van der Waals surface area contributed by atoms with Crippen LogP contribution in [-0.2, 0) is 17.9 Å². The third-order valence-electron chi connectivity index (χ3n) is 7.17. The molecule has 0 unspecified atom stereocenters. The van der Waals surface area contributed by atoms with E-state index in [0.717, 1.165) is 12.0 Å². The van der Waals surface area contributed by atoms with E-state index in [4.69, 9.17) is 38.0 Å². The van der Waals surface area contributed by atoms with Crippen molar-refractivity contribution in [1.29, 1.82) is 0 Å².